The van der Waals surface area contributed by atoms with Gasteiger partial charge in [-0.3, -0.25) is 9.69 Å². The standard InChI is InChI=1S/C35H45N3O3/c1-26(2)38(23-30(39)25-41-31-11-7-6-8-12-31)24-34(40)37(22-27-15-17-29(18-16-27)35(3,4)5)20-19-28-21-36-33-14-10-9-13-32(28)33/h6-18,21,26,30,36,39H,19-20,22-25H2,1-5H3. The number of para-hydroxylation sites is 2. The maximum absolute atomic E-state index is 13.8. The first-order valence-corrected chi connectivity index (χ1v) is 14.6. The molecule has 1 amide bonds. The van der Waals surface area contributed by atoms with Crippen molar-refractivity contribution in [3.8, 4) is 5.75 Å². The van der Waals surface area contributed by atoms with Crippen molar-refractivity contribution in [3.63, 3.8) is 0 Å². The average molecular weight is 556 g/mol. The molecule has 1 aromatic heterocycles. The van der Waals surface area contributed by atoms with Crippen molar-refractivity contribution in [1.82, 2.24) is 14.8 Å². The number of hydrogen-bond acceptors (Lipinski definition) is 4. The third kappa shape index (κ3) is 8.69. The fraction of sp³-hybridized carbons (Fsp3) is 0.400. The first-order valence-electron chi connectivity index (χ1n) is 14.6. The molecule has 41 heavy (non-hydrogen) atoms. The van der Waals surface area contributed by atoms with Crippen LogP contribution in [0.5, 0.6) is 5.75 Å². The van der Waals surface area contributed by atoms with Crippen molar-refractivity contribution >= 4 is 16.8 Å². The Bertz CT molecular complexity index is 1370. The van der Waals surface area contributed by atoms with E-state index in [0.717, 1.165) is 23.3 Å². The number of aromatic nitrogens is 1. The van der Waals surface area contributed by atoms with Crippen molar-refractivity contribution in [2.75, 3.05) is 26.2 Å². The second-order valence-corrected chi connectivity index (χ2v) is 12.2. The maximum atomic E-state index is 13.8. The van der Waals surface area contributed by atoms with Crippen LogP contribution in [0.25, 0.3) is 10.9 Å². The first kappa shape index (κ1) is 30.4. The first-order chi connectivity index (χ1) is 19.6. The quantitative estimate of drug-likeness (QED) is 0.207. The highest BCUT2D eigenvalue weighted by atomic mass is 16.5. The predicted octanol–water partition coefficient (Wildman–Crippen LogP) is 6.19. The fourth-order valence-electron chi connectivity index (χ4n) is 4.98. The number of nitrogens with zero attached hydrogens (tertiary/aromatic N) is 2. The Morgan fingerprint density at radius 3 is 2.32 bits per heavy atom. The summed E-state index contributed by atoms with van der Waals surface area (Å²) < 4.78 is 5.75. The summed E-state index contributed by atoms with van der Waals surface area (Å²) in [6.07, 6.45) is 2.09. The molecule has 0 radical (unpaired) electrons. The molecule has 0 fully saturated rings. The van der Waals surface area contributed by atoms with Gasteiger partial charge in [0.15, 0.2) is 0 Å². The molecule has 1 heterocycles. The molecular weight excluding hydrogens is 510 g/mol. The minimum atomic E-state index is -0.713. The minimum Gasteiger partial charge on any atom is -0.491 e. The highest BCUT2D eigenvalue weighted by Crippen LogP contribution is 2.23. The van der Waals surface area contributed by atoms with Crippen LogP contribution in [0.3, 0.4) is 0 Å². The molecule has 0 saturated heterocycles. The topological polar surface area (TPSA) is 68.8 Å². The molecule has 0 spiro atoms. The molecule has 6 nitrogen and oxygen atoms in total. The molecule has 2 N–H and O–H groups in total. The second kappa shape index (κ2) is 13.8. The van der Waals surface area contributed by atoms with Crippen molar-refractivity contribution in [1.29, 1.82) is 0 Å². The van der Waals surface area contributed by atoms with Gasteiger partial charge in [-0.25, -0.2) is 0 Å². The van der Waals surface area contributed by atoms with Crippen molar-refractivity contribution in [3.05, 3.63) is 102 Å². The van der Waals surface area contributed by atoms with E-state index >= 15 is 0 Å². The molecule has 1 unspecified atom stereocenters. The number of hydrogen-bond donors (Lipinski definition) is 2. The van der Waals surface area contributed by atoms with E-state index in [0.29, 0.717) is 19.6 Å². The molecular formula is C35H45N3O3. The number of aliphatic hydroxyl groups excluding tert-OH is 1. The van der Waals surface area contributed by atoms with Gasteiger partial charge in [-0.2, -0.15) is 0 Å². The molecule has 4 aromatic rings. The minimum absolute atomic E-state index is 0.0506. The molecule has 1 atom stereocenters. The van der Waals surface area contributed by atoms with Crippen LogP contribution in [0.4, 0.5) is 0 Å². The number of benzene rings is 3. The Hall–Kier alpha value is -3.61. The van der Waals surface area contributed by atoms with E-state index in [2.05, 4.69) is 82.2 Å². The second-order valence-electron chi connectivity index (χ2n) is 12.2. The maximum Gasteiger partial charge on any atom is 0.237 e. The molecule has 3 aromatic carbocycles. The molecule has 0 bridgehead atoms. The number of ether oxygens (including phenoxy) is 1. The van der Waals surface area contributed by atoms with Gasteiger partial charge in [0.25, 0.3) is 0 Å². The SMILES string of the molecule is CC(C)N(CC(=O)N(CCc1c[nH]c2ccccc12)Cc1ccc(C(C)(C)C)cc1)CC(O)COc1ccccc1. The number of carbonyl (C=O) groups is 1. The lowest BCUT2D eigenvalue weighted by Gasteiger charge is -2.31. The van der Waals surface area contributed by atoms with Crippen LogP contribution >= 0.6 is 0 Å². The van der Waals surface area contributed by atoms with E-state index in [9.17, 15) is 9.90 Å². The summed E-state index contributed by atoms with van der Waals surface area (Å²) in [4.78, 5) is 21.2. The zero-order valence-corrected chi connectivity index (χ0v) is 25.1. The van der Waals surface area contributed by atoms with Crippen molar-refractivity contribution in [2.45, 2.75) is 65.1 Å². The van der Waals surface area contributed by atoms with Crippen LogP contribution in [0.1, 0.15) is 51.3 Å². The Labute approximate surface area is 244 Å². The third-order valence-corrected chi connectivity index (χ3v) is 7.57. The molecule has 6 heteroatoms. The largest absolute Gasteiger partial charge is 0.491 e. The van der Waals surface area contributed by atoms with Gasteiger partial charge in [-0.15, -0.1) is 0 Å². The lowest BCUT2D eigenvalue weighted by atomic mass is 9.87. The summed E-state index contributed by atoms with van der Waals surface area (Å²) in [6, 6.07) is 26.5. The third-order valence-electron chi connectivity index (χ3n) is 7.57. The van der Waals surface area contributed by atoms with Gasteiger partial charge in [0.05, 0.1) is 6.54 Å². The van der Waals surface area contributed by atoms with E-state index in [1.807, 2.05) is 52.3 Å². The lowest BCUT2D eigenvalue weighted by molar-refractivity contribution is -0.134. The Balaban J connectivity index is 1.45. The van der Waals surface area contributed by atoms with E-state index in [1.165, 1.54) is 16.5 Å². The molecule has 218 valence electrons. The molecule has 4 rings (SSSR count). The molecule has 0 saturated carbocycles. The number of rotatable bonds is 13. The summed E-state index contributed by atoms with van der Waals surface area (Å²) in [5, 5.41) is 11.9. The highest BCUT2D eigenvalue weighted by Gasteiger charge is 2.23. The van der Waals surface area contributed by atoms with E-state index < -0.39 is 6.10 Å². The van der Waals surface area contributed by atoms with Crippen LogP contribution < -0.4 is 4.74 Å². The van der Waals surface area contributed by atoms with Gasteiger partial charge in [-0.1, -0.05) is 81.4 Å². The average Bonchev–Trinajstić information content (AvgIpc) is 3.37. The van der Waals surface area contributed by atoms with Gasteiger partial charge >= 0.3 is 0 Å². The van der Waals surface area contributed by atoms with Gasteiger partial charge < -0.3 is 19.7 Å². The lowest BCUT2D eigenvalue weighted by Crippen LogP contribution is -2.47. The Morgan fingerprint density at radius 1 is 0.951 bits per heavy atom. The number of amides is 1. The van der Waals surface area contributed by atoms with Crippen LogP contribution in [-0.2, 0) is 23.2 Å². The van der Waals surface area contributed by atoms with Crippen molar-refractivity contribution < 1.29 is 14.6 Å². The molecule has 0 aliphatic rings. The van der Waals surface area contributed by atoms with E-state index in [-0.39, 0.29) is 30.5 Å². The van der Waals surface area contributed by atoms with Gasteiger partial charge in [0.1, 0.15) is 18.5 Å². The molecule has 0 aliphatic carbocycles. The summed E-state index contributed by atoms with van der Waals surface area (Å²) in [7, 11) is 0. The summed E-state index contributed by atoms with van der Waals surface area (Å²) in [5.74, 6) is 0.772. The predicted molar refractivity (Wildman–Crippen MR) is 167 cm³/mol. The Morgan fingerprint density at radius 2 is 1.63 bits per heavy atom. The monoisotopic (exact) mass is 555 g/mol. The van der Waals surface area contributed by atoms with Gasteiger partial charge in [-0.05, 0) is 60.6 Å². The number of aromatic amines is 1. The number of fused-ring (bicyclic) bond motifs is 1. The number of nitrogens with one attached hydrogen (secondary N) is 1. The zero-order valence-electron chi connectivity index (χ0n) is 25.1. The fourth-order valence-corrected chi connectivity index (χ4v) is 4.98. The summed E-state index contributed by atoms with van der Waals surface area (Å²) in [6.45, 7) is 12.6. The van der Waals surface area contributed by atoms with Crippen LogP contribution in [-0.4, -0.2) is 64.2 Å². The number of carbonyl (C=O) groups excluding carboxylic acids is 1. The molecule has 0 aliphatic heterocycles. The van der Waals surface area contributed by atoms with Crippen molar-refractivity contribution in [2.24, 2.45) is 0 Å². The highest BCUT2D eigenvalue weighted by molar-refractivity contribution is 5.83. The van der Waals surface area contributed by atoms with Crippen LogP contribution in [0, 0.1) is 0 Å². The normalized spacial score (nSPS) is 12.7. The van der Waals surface area contributed by atoms with E-state index in [1.54, 1.807) is 0 Å². The van der Waals surface area contributed by atoms with Crippen LogP contribution in [0.2, 0.25) is 0 Å². The summed E-state index contributed by atoms with van der Waals surface area (Å²) >= 11 is 0. The number of aliphatic hydroxyl groups is 1. The Kier molecular flexibility index (Phi) is 10.2. The van der Waals surface area contributed by atoms with Gasteiger partial charge in [0, 0.05) is 42.8 Å². The zero-order chi connectivity index (χ0) is 29.4. The summed E-state index contributed by atoms with van der Waals surface area (Å²) in [5.41, 5.74) is 4.77. The van der Waals surface area contributed by atoms with E-state index in [4.69, 9.17) is 4.74 Å². The van der Waals surface area contributed by atoms with Crippen LogP contribution in [0.15, 0.2) is 85.1 Å². The van der Waals surface area contributed by atoms with Gasteiger partial charge in [0.2, 0.25) is 5.91 Å². The smallest absolute Gasteiger partial charge is 0.237 e. The number of H-pyrrole nitrogens is 1.